The van der Waals surface area contributed by atoms with Crippen molar-refractivity contribution in [2.45, 2.75) is 52.1 Å². The van der Waals surface area contributed by atoms with Gasteiger partial charge in [0.15, 0.2) is 6.10 Å². The van der Waals surface area contributed by atoms with E-state index in [9.17, 15) is 4.79 Å². The van der Waals surface area contributed by atoms with Gasteiger partial charge in [-0.3, -0.25) is 0 Å². The monoisotopic (exact) mass is 214 g/mol. The van der Waals surface area contributed by atoms with Crippen LogP contribution in [-0.4, -0.2) is 23.8 Å². The molecule has 88 valence electrons. The molecule has 0 aliphatic heterocycles. The van der Waals surface area contributed by atoms with Crippen molar-refractivity contribution in [3.63, 3.8) is 0 Å². The molecule has 0 amide bonds. The molecule has 0 aliphatic carbocycles. The summed E-state index contributed by atoms with van der Waals surface area (Å²) < 4.78 is 4.83. The number of esters is 1. The number of unbranched alkanes of at least 4 members (excludes halogenated alkanes) is 3. The van der Waals surface area contributed by atoms with Gasteiger partial charge in [0.2, 0.25) is 0 Å². The van der Waals surface area contributed by atoms with Gasteiger partial charge in [0.25, 0.3) is 0 Å². The zero-order chi connectivity index (χ0) is 11.5. The molecule has 1 atom stereocenters. The smallest absolute Gasteiger partial charge is 0.335 e. The molecule has 0 heterocycles. The minimum atomic E-state index is -0.974. The Hall–Kier alpha value is -0.830. The predicted molar refractivity (Wildman–Crippen MR) is 60.5 cm³/mol. The first-order chi connectivity index (χ1) is 7.22. The molecule has 0 aliphatic rings. The van der Waals surface area contributed by atoms with Gasteiger partial charge < -0.3 is 9.84 Å². The number of aliphatic hydroxyl groups is 1. The van der Waals surface area contributed by atoms with Gasteiger partial charge in [0.05, 0.1) is 0 Å². The summed E-state index contributed by atoms with van der Waals surface area (Å²) in [5.41, 5.74) is 0. The molecule has 0 saturated carbocycles. The third-order valence-corrected chi connectivity index (χ3v) is 2.12. The standard InChI is InChI=1S/C12H22O3/c1-3-5-6-7-8-9-10-15-12(14)11(13)4-2/h8-9,11,13H,3-7,10H2,1-2H3/b9-8+. The van der Waals surface area contributed by atoms with Crippen LogP contribution in [0.15, 0.2) is 12.2 Å². The minimum Gasteiger partial charge on any atom is -0.460 e. The van der Waals surface area contributed by atoms with Crippen LogP contribution in [0.25, 0.3) is 0 Å². The molecule has 0 spiro atoms. The Labute approximate surface area is 92.1 Å². The second-order valence-electron chi connectivity index (χ2n) is 3.52. The van der Waals surface area contributed by atoms with Crippen LogP contribution in [0.4, 0.5) is 0 Å². The minimum absolute atomic E-state index is 0.266. The number of hydrogen-bond donors (Lipinski definition) is 1. The number of rotatable bonds is 8. The van der Waals surface area contributed by atoms with E-state index < -0.39 is 12.1 Å². The summed E-state index contributed by atoms with van der Waals surface area (Å²) in [7, 11) is 0. The van der Waals surface area contributed by atoms with Crippen LogP contribution >= 0.6 is 0 Å². The van der Waals surface area contributed by atoms with E-state index in [1.807, 2.05) is 12.2 Å². The Kier molecular flexibility index (Phi) is 9.18. The Morgan fingerprint density at radius 3 is 2.67 bits per heavy atom. The largest absolute Gasteiger partial charge is 0.460 e. The summed E-state index contributed by atoms with van der Waals surface area (Å²) in [6, 6.07) is 0. The van der Waals surface area contributed by atoms with Crippen molar-refractivity contribution in [3.05, 3.63) is 12.2 Å². The molecule has 3 nitrogen and oxygen atoms in total. The second-order valence-corrected chi connectivity index (χ2v) is 3.52. The van der Waals surface area contributed by atoms with E-state index in [0.29, 0.717) is 6.42 Å². The molecule has 0 aromatic carbocycles. The van der Waals surface area contributed by atoms with E-state index >= 15 is 0 Å². The van der Waals surface area contributed by atoms with Gasteiger partial charge >= 0.3 is 5.97 Å². The summed E-state index contributed by atoms with van der Waals surface area (Å²) in [4.78, 5) is 11.0. The molecule has 0 aromatic rings. The Balaban J connectivity index is 3.40. The maximum absolute atomic E-state index is 11.0. The molecule has 15 heavy (non-hydrogen) atoms. The van der Waals surface area contributed by atoms with Crippen molar-refractivity contribution in [1.29, 1.82) is 0 Å². The third kappa shape index (κ3) is 8.18. The summed E-state index contributed by atoms with van der Waals surface area (Å²) in [6.45, 7) is 4.17. The average Bonchev–Trinajstić information content (AvgIpc) is 2.26. The molecule has 0 saturated heterocycles. The SMILES string of the molecule is CCCCC/C=C/COC(=O)C(O)CC. The molecule has 0 fully saturated rings. The maximum atomic E-state index is 11.0. The molecular formula is C12H22O3. The quantitative estimate of drug-likeness (QED) is 0.383. The molecular weight excluding hydrogens is 192 g/mol. The highest BCUT2D eigenvalue weighted by Gasteiger charge is 2.12. The number of carbonyl (C=O) groups excluding carboxylic acids is 1. The van der Waals surface area contributed by atoms with Crippen molar-refractivity contribution in [2.24, 2.45) is 0 Å². The Morgan fingerprint density at radius 2 is 2.07 bits per heavy atom. The third-order valence-electron chi connectivity index (χ3n) is 2.12. The molecule has 0 rings (SSSR count). The summed E-state index contributed by atoms with van der Waals surface area (Å²) in [5, 5.41) is 9.10. The van der Waals surface area contributed by atoms with Gasteiger partial charge in [0.1, 0.15) is 6.61 Å². The van der Waals surface area contributed by atoms with Crippen LogP contribution in [0, 0.1) is 0 Å². The number of carbonyl (C=O) groups is 1. The molecule has 0 aromatic heterocycles. The van der Waals surface area contributed by atoms with E-state index in [4.69, 9.17) is 9.84 Å². The van der Waals surface area contributed by atoms with E-state index in [-0.39, 0.29) is 6.61 Å². The fourth-order valence-corrected chi connectivity index (χ4v) is 1.09. The van der Waals surface area contributed by atoms with E-state index in [2.05, 4.69) is 6.92 Å². The van der Waals surface area contributed by atoms with E-state index in [1.54, 1.807) is 6.92 Å². The first kappa shape index (κ1) is 14.2. The topological polar surface area (TPSA) is 46.5 Å². The number of allylic oxidation sites excluding steroid dienone is 1. The van der Waals surface area contributed by atoms with Crippen molar-refractivity contribution < 1.29 is 14.6 Å². The summed E-state index contributed by atoms with van der Waals surface area (Å²) in [6.07, 6.45) is 7.93. The van der Waals surface area contributed by atoms with Gasteiger partial charge in [-0.25, -0.2) is 4.79 Å². The average molecular weight is 214 g/mol. The fourth-order valence-electron chi connectivity index (χ4n) is 1.09. The predicted octanol–water partition coefficient (Wildman–Crippen LogP) is 2.44. The summed E-state index contributed by atoms with van der Waals surface area (Å²) in [5.74, 6) is -0.532. The van der Waals surface area contributed by atoms with Crippen molar-refractivity contribution in [1.82, 2.24) is 0 Å². The van der Waals surface area contributed by atoms with E-state index in [0.717, 1.165) is 6.42 Å². The van der Waals surface area contributed by atoms with Gasteiger partial charge in [-0.2, -0.15) is 0 Å². The highest BCUT2D eigenvalue weighted by Crippen LogP contribution is 1.99. The molecule has 1 N–H and O–H groups in total. The number of aliphatic hydroxyl groups excluding tert-OH is 1. The lowest BCUT2D eigenvalue weighted by molar-refractivity contribution is -0.152. The van der Waals surface area contributed by atoms with Crippen LogP contribution in [0.3, 0.4) is 0 Å². The van der Waals surface area contributed by atoms with Crippen molar-refractivity contribution in [2.75, 3.05) is 6.61 Å². The number of hydrogen-bond acceptors (Lipinski definition) is 3. The van der Waals surface area contributed by atoms with Crippen LogP contribution in [0.1, 0.15) is 46.0 Å². The lowest BCUT2D eigenvalue weighted by Gasteiger charge is -2.05. The normalized spacial score (nSPS) is 13.0. The first-order valence-corrected chi connectivity index (χ1v) is 5.72. The van der Waals surface area contributed by atoms with Gasteiger partial charge in [-0.15, -0.1) is 0 Å². The summed E-state index contributed by atoms with van der Waals surface area (Å²) >= 11 is 0. The lowest BCUT2D eigenvalue weighted by Crippen LogP contribution is -2.21. The first-order valence-electron chi connectivity index (χ1n) is 5.72. The lowest BCUT2D eigenvalue weighted by atomic mass is 10.2. The second kappa shape index (κ2) is 9.71. The molecule has 0 bridgehead atoms. The molecule has 3 heteroatoms. The van der Waals surface area contributed by atoms with Crippen LogP contribution in [0.5, 0.6) is 0 Å². The number of ether oxygens (including phenoxy) is 1. The fraction of sp³-hybridized carbons (Fsp3) is 0.750. The maximum Gasteiger partial charge on any atom is 0.335 e. The van der Waals surface area contributed by atoms with Crippen LogP contribution in [-0.2, 0) is 9.53 Å². The Bertz CT molecular complexity index is 187. The Morgan fingerprint density at radius 1 is 1.33 bits per heavy atom. The zero-order valence-electron chi connectivity index (χ0n) is 9.74. The zero-order valence-corrected chi connectivity index (χ0v) is 9.74. The van der Waals surface area contributed by atoms with Gasteiger partial charge in [-0.05, 0) is 19.3 Å². The van der Waals surface area contributed by atoms with Gasteiger partial charge in [-0.1, -0.05) is 38.8 Å². The van der Waals surface area contributed by atoms with Crippen LogP contribution in [0.2, 0.25) is 0 Å². The van der Waals surface area contributed by atoms with E-state index in [1.165, 1.54) is 19.3 Å². The van der Waals surface area contributed by atoms with Gasteiger partial charge in [0, 0.05) is 0 Å². The molecule has 1 unspecified atom stereocenters. The van der Waals surface area contributed by atoms with Crippen molar-refractivity contribution in [3.8, 4) is 0 Å². The van der Waals surface area contributed by atoms with Crippen molar-refractivity contribution >= 4 is 5.97 Å². The molecule has 0 radical (unpaired) electrons. The van der Waals surface area contributed by atoms with Crippen LogP contribution < -0.4 is 0 Å². The highest BCUT2D eigenvalue weighted by atomic mass is 16.5. The highest BCUT2D eigenvalue weighted by molar-refractivity contribution is 5.74.